The van der Waals surface area contributed by atoms with E-state index in [9.17, 15) is 0 Å². The maximum Gasteiger partial charge on any atom is 0.163 e. The molecule has 2 aromatic rings. The minimum atomic E-state index is 0.730. The molecule has 0 unspecified atom stereocenters. The van der Waals surface area contributed by atoms with Crippen molar-refractivity contribution in [2.75, 3.05) is 0 Å². The van der Waals surface area contributed by atoms with Crippen molar-refractivity contribution in [3.63, 3.8) is 0 Å². The molecule has 0 radical (unpaired) electrons. The fourth-order valence-electron chi connectivity index (χ4n) is 1.09. The first-order valence-electron chi connectivity index (χ1n) is 3.63. The van der Waals surface area contributed by atoms with Crippen LogP contribution in [0.15, 0.2) is 31.5 Å². The molecule has 0 atom stereocenters. The summed E-state index contributed by atoms with van der Waals surface area (Å²) in [6.07, 6.45) is 6.76. The quantitative estimate of drug-likeness (QED) is 0.616. The first-order chi connectivity index (χ1) is 5.92. The highest BCUT2D eigenvalue weighted by molar-refractivity contribution is 5.68. The molecule has 2 aromatic heterocycles. The summed E-state index contributed by atoms with van der Waals surface area (Å²) in [5, 5.41) is 0. The van der Waals surface area contributed by atoms with Crippen molar-refractivity contribution in [1.82, 2.24) is 19.5 Å². The summed E-state index contributed by atoms with van der Waals surface area (Å²) in [5.41, 5.74) is 1.67. The van der Waals surface area contributed by atoms with Gasteiger partial charge in [0, 0.05) is 6.54 Å². The highest BCUT2D eigenvalue weighted by Crippen LogP contribution is 2.06. The zero-order valence-corrected chi connectivity index (χ0v) is 6.51. The predicted octanol–water partition coefficient (Wildman–Crippen LogP) is 1.01. The van der Waals surface area contributed by atoms with E-state index in [1.807, 2.05) is 10.6 Å². The molecule has 0 saturated carbocycles. The molecule has 4 nitrogen and oxygen atoms in total. The third-order valence-electron chi connectivity index (χ3n) is 1.61. The number of imidazole rings is 1. The first-order valence-corrected chi connectivity index (χ1v) is 3.63. The molecule has 0 amide bonds. The van der Waals surface area contributed by atoms with Gasteiger partial charge in [0.15, 0.2) is 5.65 Å². The van der Waals surface area contributed by atoms with Gasteiger partial charge in [-0.1, -0.05) is 6.08 Å². The van der Waals surface area contributed by atoms with Crippen molar-refractivity contribution in [3.8, 4) is 0 Å². The zero-order chi connectivity index (χ0) is 8.39. The van der Waals surface area contributed by atoms with Gasteiger partial charge in [0.1, 0.15) is 11.8 Å². The SMILES string of the molecule is C=CCn1cnc2cncnc21. The second-order valence-electron chi connectivity index (χ2n) is 2.42. The summed E-state index contributed by atoms with van der Waals surface area (Å²) in [5.74, 6) is 0. The van der Waals surface area contributed by atoms with E-state index in [0.29, 0.717) is 0 Å². The molecule has 60 valence electrons. The average Bonchev–Trinajstić information content (AvgIpc) is 2.50. The fourth-order valence-corrected chi connectivity index (χ4v) is 1.09. The molecular weight excluding hydrogens is 152 g/mol. The van der Waals surface area contributed by atoms with E-state index in [0.717, 1.165) is 17.7 Å². The molecule has 0 N–H and O–H groups in total. The first kappa shape index (κ1) is 6.97. The second kappa shape index (κ2) is 2.73. The topological polar surface area (TPSA) is 43.6 Å². The number of allylic oxidation sites excluding steroid dienone is 1. The summed E-state index contributed by atoms with van der Waals surface area (Å²) in [6.45, 7) is 4.38. The highest BCUT2D eigenvalue weighted by atomic mass is 15.1. The van der Waals surface area contributed by atoms with Gasteiger partial charge in [-0.25, -0.2) is 15.0 Å². The highest BCUT2D eigenvalue weighted by Gasteiger charge is 1.99. The Morgan fingerprint density at radius 3 is 3.25 bits per heavy atom. The molecular formula is C8H8N4. The van der Waals surface area contributed by atoms with E-state index >= 15 is 0 Å². The summed E-state index contributed by atoms with van der Waals surface area (Å²) in [6, 6.07) is 0. The van der Waals surface area contributed by atoms with E-state index in [2.05, 4.69) is 21.5 Å². The minimum Gasteiger partial charge on any atom is -0.311 e. The zero-order valence-electron chi connectivity index (χ0n) is 6.51. The van der Waals surface area contributed by atoms with Gasteiger partial charge in [-0.3, -0.25) is 0 Å². The van der Waals surface area contributed by atoms with Crippen LogP contribution in [0.2, 0.25) is 0 Å². The van der Waals surface area contributed by atoms with Crippen molar-refractivity contribution in [1.29, 1.82) is 0 Å². The van der Waals surface area contributed by atoms with E-state index in [1.54, 1.807) is 12.5 Å². The molecule has 0 spiro atoms. The lowest BCUT2D eigenvalue weighted by Crippen LogP contribution is -1.93. The maximum absolute atomic E-state index is 4.13. The largest absolute Gasteiger partial charge is 0.311 e. The molecule has 2 rings (SSSR count). The summed E-state index contributed by atoms with van der Waals surface area (Å²) >= 11 is 0. The van der Waals surface area contributed by atoms with Crippen LogP contribution in [0, 0.1) is 0 Å². The van der Waals surface area contributed by atoms with Gasteiger partial charge in [0.05, 0.1) is 12.5 Å². The lowest BCUT2D eigenvalue weighted by molar-refractivity contribution is 0.838. The van der Waals surface area contributed by atoms with Gasteiger partial charge in [0.2, 0.25) is 0 Å². The predicted molar refractivity (Wildman–Crippen MR) is 45.5 cm³/mol. The van der Waals surface area contributed by atoms with Crippen molar-refractivity contribution < 1.29 is 0 Å². The van der Waals surface area contributed by atoms with E-state index in [4.69, 9.17) is 0 Å². The van der Waals surface area contributed by atoms with Crippen LogP contribution in [0.5, 0.6) is 0 Å². The molecule has 0 aliphatic rings. The van der Waals surface area contributed by atoms with E-state index in [1.165, 1.54) is 6.33 Å². The molecule has 0 aromatic carbocycles. The Labute approximate surface area is 69.6 Å². The number of aromatic nitrogens is 4. The molecule has 0 aliphatic carbocycles. The number of rotatable bonds is 2. The average molecular weight is 160 g/mol. The van der Waals surface area contributed by atoms with Crippen LogP contribution >= 0.6 is 0 Å². The van der Waals surface area contributed by atoms with Crippen molar-refractivity contribution in [2.45, 2.75) is 6.54 Å². The van der Waals surface area contributed by atoms with Gasteiger partial charge >= 0.3 is 0 Å². The smallest absolute Gasteiger partial charge is 0.163 e. The van der Waals surface area contributed by atoms with E-state index in [-0.39, 0.29) is 0 Å². The third kappa shape index (κ3) is 0.972. The number of nitrogens with zero attached hydrogens (tertiary/aromatic N) is 4. The standard InChI is InChI=1S/C8H8N4/c1-2-3-12-6-11-7-4-9-5-10-8(7)12/h2,4-6H,1,3H2. The lowest BCUT2D eigenvalue weighted by Gasteiger charge is -1.95. The molecule has 0 saturated heterocycles. The number of fused-ring (bicyclic) bond motifs is 1. The van der Waals surface area contributed by atoms with Crippen molar-refractivity contribution in [2.24, 2.45) is 0 Å². The Balaban J connectivity index is 2.62. The normalized spacial score (nSPS) is 10.3. The van der Waals surface area contributed by atoms with Gasteiger partial charge in [-0.15, -0.1) is 6.58 Å². The summed E-state index contributed by atoms with van der Waals surface area (Å²) < 4.78 is 1.92. The molecule has 12 heavy (non-hydrogen) atoms. The monoisotopic (exact) mass is 160 g/mol. The molecule has 0 fully saturated rings. The van der Waals surface area contributed by atoms with Crippen molar-refractivity contribution >= 4 is 11.2 Å². The second-order valence-corrected chi connectivity index (χ2v) is 2.42. The number of hydrogen-bond acceptors (Lipinski definition) is 3. The minimum absolute atomic E-state index is 0.730. The molecule has 0 aliphatic heterocycles. The molecule has 0 bridgehead atoms. The Kier molecular flexibility index (Phi) is 1.59. The van der Waals surface area contributed by atoms with Gasteiger partial charge in [0.25, 0.3) is 0 Å². The Bertz CT molecular complexity index is 404. The maximum atomic E-state index is 4.13. The van der Waals surface area contributed by atoms with Crippen LogP contribution in [0.1, 0.15) is 0 Å². The van der Waals surface area contributed by atoms with Crippen LogP contribution in [0.25, 0.3) is 11.2 Å². The van der Waals surface area contributed by atoms with Gasteiger partial charge in [-0.2, -0.15) is 0 Å². The summed E-state index contributed by atoms with van der Waals surface area (Å²) in [7, 11) is 0. The molecule has 2 heterocycles. The van der Waals surface area contributed by atoms with Gasteiger partial charge < -0.3 is 4.57 Å². The number of hydrogen-bond donors (Lipinski definition) is 0. The van der Waals surface area contributed by atoms with Crippen LogP contribution in [0.4, 0.5) is 0 Å². The van der Waals surface area contributed by atoms with Gasteiger partial charge in [-0.05, 0) is 0 Å². The van der Waals surface area contributed by atoms with Crippen LogP contribution in [-0.2, 0) is 6.54 Å². The summed E-state index contributed by atoms with van der Waals surface area (Å²) in [4.78, 5) is 12.1. The Morgan fingerprint density at radius 1 is 1.50 bits per heavy atom. The van der Waals surface area contributed by atoms with E-state index < -0.39 is 0 Å². The van der Waals surface area contributed by atoms with Crippen LogP contribution < -0.4 is 0 Å². The fraction of sp³-hybridized carbons (Fsp3) is 0.125. The third-order valence-corrected chi connectivity index (χ3v) is 1.61. The van der Waals surface area contributed by atoms with Crippen LogP contribution in [-0.4, -0.2) is 19.5 Å². The van der Waals surface area contributed by atoms with Crippen LogP contribution in [0.3, 0.4) is 0 Å². The molecule has 4 heteroatoms. The Morgan fingerprint density at radius 2 is 2.42 bits per heavy atom. The lowest BCUT2D eigenvalue weighted by atomic mass is 10.5. The Hall–Kier alpha value is -1.71. The van der Waals surface area contributed by atoms with Crippen molar-refractivity contribution in [3.05, 3.63) is 31.5 Å².